The van der Waals surface area contributed by atoms with Crippen molar-refractivity contribution < 1.29 is 0 Å². The number of H-pyrrole nitrogens is 1. The van der Waals surface area contributed by atoms with E-state index in [9.17, 15) is 0 Å². The van der Waals surface area contributed by atoms with E-state index in [0.29, 0.717) is 0 Å². The predicted molar refractivity (Wildman–Crippen MR) is 107 cm³/mol. The maximum Gasteiger partial charge on any atom is 0.0457 e. The van der Waals surface area contributed by atoms with Crippen molar-refractivity contribution >= 4 is 39.0 Å². The van der Waals surface area contributed by atoms with Gasteiger partial charge in [-0.15, -0.1) is 0 Å². The SMILES string of the molecule is CC1=C\C=C\c2ccccc2/C=C\1Cc1c[nH]c2ccc(Br)cc12. The Bertz CT molecular complexity index is 1000. The van der Waals surface area contributed by atoms with Crippen LogP contribution in [-0.2, 0) is 6.42 Å². The van der Waals surface area contributed by atoms with Crippen molar-refractivity contribution in [3.8, 4) is 0 Å². The first-order chi connectivity index (χ1) is 11.7. The molecule has 0 saturated carbocycles. The van der Waals surface area contributed by atoms with Crippen molar-refractivity contribution in [3.05, 3.63) is 93.1 Å². The van der Waals surface area contributed by atoms with Crippen molar-refractivity contribution in [2.24, 2.45) is 0 Å². The van der Waals surface area contributed by atoms with Crippen LogP contribution in [0.5, 0.6) is 0 Å². The lowest BCUT2D eigenvalue weighted by Gasteiger charge is -2.12. The highest BCUT2D eigenvalue weighted by Crippen LogP contribution is 2.29. The zero-order chi connectivity index (χ0) is 16.5. The Kier molecular flexibility index (Phi) is 3.99. The van der Waals surface area contributed by atoms with E-state index in [1.807, 2.05) is 0 Å². The summed E-state index contributed by atoms with van der Waals surface area (Å²) in [6.45, 7) is 2.19. The highest BCUT2D eigenvalue weighted by atomic mass is 79.9. The van der Waals surface area contributed by atoms with E-state index in [4.69, 9.17) is 0 Å². The second-order valence-corrected chi connectivity index (χ2v) is 7.10. The number of hydrogen-bond donors (Lipinski definition) is 1. The minimum atomic E-state index is 0.918. The summed E-state index contributed by atoms with van der Waals surface area (Å²) in [4.78, 5) is 3.39. The summed E-state index contributed by atoms with van der Waals surface area (Å²) in [5, 5.41) is 1.28. The second kappa shape index (κ2) is 6.29. The van der Waals surface area contributed by atoms with Crippen LogP contribution in [0.4, 0.5) is 0 Å². The van der Waals surface area contributed by atoms with E-state index in [2.05, 4.69) is 101 Å². The third-order valence-corrected chi connectivity index (χ3v) is 5.06. The summed E-state index contributed by atoms with van der Waals surface area (Å²) >= 11 is 3.58. The van der Waals surface area contributed by atoms with Gasteiger partial charge in [0.15, 0.2) is 0 Å². The number of aromatic amines is 1. The standard InChI is InChI=1S/C22H18BrN/c1-15-5-4-8-16-6-2-3-7-17(16)11-18(15)12-19-14-24-22-10-9-20(23)13-21(19)22/h2-11,13-14,24H,12H2,1H3/b5-4?,8-4+,15-5+,16-8?,17-11?,18-11-,18-15?. The zero-order valence-corrected chi connectivity index (χ0v) is 15.1. The van der Waals surface area contributed by atoms with Crippen LogP contribution in [0.1, 0.15) is 23.6 Å². The van der Waals surface area contributed by atoms with Crippen LogP contribution in [0.3, 0.4) is 0 Å². The van der Waals surface area contributed by atoms with Gasteiger partial charge in [-0.3, -0.25) is 0 Å². The number of allylic oxidation sites excluding steroid dienone is 4. The fourth-order valence-corrected chi connectivity index (χ4v) is 3.55. The number of hydrogen-bond acceptors (Lipinski definition) is 0. The van der Waals surface area contributed by atoms with E-state index in [1.54, 1.807) is 0 Å². The van der Waals surface area contributed by atoms with Crippen molar-refractivity contribution in [3.63, 3.8) is 0 Å². The van der Waals surface area contributed by atoms with Gasteiger partial charge in [0.05, 0.1) is 0 Å². The number of benzene rings is 2. The van der Waals surface area contributed by atoms with Crippen LogP contribution in [-0.4, -0.2) is 4.98 Å². The molecule has 1 aromatic heterocycles. The van der Waals surface area contributed by atoms with E-state index in [-0.39, 0.29) is 0 Å². The molecular formula is C22H18BrN. The Morgan fingerprint density at radius 3 is 2.75 bits per heavy atom. The van der Waals surface area contributed by atoms with Gasteiger partial charge in [-0.1, -0.05) is 64.5 Å². The molecule has 1 nitrogen and oxygen atoms in total. The number of nitrogens with one attached hydrogen (secondary N) is 1. The maximum absolute atomic E-state index is 3.58. The molecule has 1 N–H and O–H groups in total. The molecule has 0 saturated heterocycles. The molecule has 0 spiro atoms. The van der Waals surface area contributed by atoms with Gasteiger partial charge >= 0.3 is 0 Å². The fraction of sp³-hybridized carbons (Fsp3) is 0.0909. The molecular weight excluding hydrogens is 358 g/mol. The molecule has 0 fully saturated rings. The second-order valence-electron chi connectivity index (χ2n) is 6.19. The minimum absolute atomic E-state index is 0.918. The summed E-state index contributed by atoms with van der Waals surface area (Å²) in [6, 6.07) is 14.9. The molecule has 0 radical (unpaired) electrons. The monoisotopic (exact) mass is 375 g/mol. The van der Waals surface area contributed by atoms with Crippen molar-refractivity contribution in [1.29, 1.82) is 0 Å². The number of aromatic nitrogens is 1. The molecule has 0 bridgehead atoms. The molecule has 2 aromatic carbocycles. The molecule has 1 aliphatic rings. The third-order valence-electron chi connectivity index (χ3n) is 4.56. The lowest BCUT2D eigenvalue weighted by molar-refractivity contribution is 1.17. The van der Waals surface area contributed by atoms with Gasteiger partial charge in [-0.25, -0.2) is 0 Å². The Balaban J connectivity index is 1.79. The number of rotatable bonds is 2. The van der Waals surface area contributed by atoms with Gasteiger partial charge in [-0.05, 0) is 59.4 Å². The van der Waals surface area contributed by atoms with Crippen LogP contribution in [0.25, 0.3) is 23.1 Å². The van der Waals surface area contributed by atoms with E-state index in [1.165, 1.54) is 38.7 Å². The van der Waals surface area contributed by atoms with Gasteiger partial charge in [0.25, 0.3) is 0 Å². The first-order valence-electron chi connectivity index (χ1n) is 8.11. The maximum atomic E-state index is 3.58. The highest BCUT2D eigenvalue weighted by molar-refractivity contribution is 9.10. The fourth-order valence-electron chi connectivity index (χ4n) is 3.19. The zero-order valence-electron chi connectivity index (χ0n) is 13.5. The van der Waals surface area contributed by atoms with Crippen LogP contribution in [0, 0.1) is 0 Å². The Morgan fingerprint density at radius 2 is 1.88 bits per heavy atom. The summed E-state index contributed by atoms with van der Waals surface area (Å²) in [5.41, 5.74) is 7.71. The molecule has 3 aromatic rings. The predicted octanol–water partition coefficient (Wildman–Crippen LogP) is 6.53. The Morgan fingerprint density at radius 1 is 1.04 bits per heavy atom. The third kappa shape index (κ3) is 2.90. The summed E-state index contributed by atoms with van der Waals surface area (Å²) in [6.07, 6.45) is 11.9. The van der Waals surface area contributed by atoms with Gasteiger partial charge in [0.2, 0.25) is 0 Å². The lowest BCUT2D eigenvalue weighted by atomic mass is 9.93. The smallest absolute Gasteiger partial charge is 0.0457 e. The number of fused-ring (bicyclic) bond motifs is 2. The summed E-state index contributed by atoms with van der Waals surface area (Å²) < 4.78 is 1.11. The molecule has 0 atom stereocenters. The molecule has 0 aliphatic heterocycles. The molecule has 0 unspecified atom stereocenters. The summed E-state index contributed by atoms with van der Waals surface area (Å²) in [5.74, 6) is 0. The van der Waals surface area contributed by atoms with Crippen molar-refractivity contribution in [2.75, 3.05) is 0 Å². The topological polar surface area (TPSA) is 15.8 Å². The summed E-state index contributed by atoms with van der Waals surface area (Å²) in [7, 11) is 0. The van der Waals surface area contributed by atoms with Crippen molar-refractivity contribution in [2.45, 2.75) is 13.3 Å². The van der Waals surface area contributed by atoms with Crippen LogP contribution >= 0.6 is 15.9 Å². The molecule has 2 heteroatoms. The molecule has 118 valence electrons. The molecule has 1 heterocycles. The van der Waals surface area contributed by atoms with Crippen LogP contribution < -0.4 is 0 Å². The van der Waals surface area contributed by atoms with Gasteiger partial charge in [-0.2, -0.15) is 0 Å². The quantitative estimate of drug-likeness (QED) is 0.523. The molecule has 0 amide bonds. The first kappa shape index (κ1) is 15.2. The van der Waals surface area contributed by atoms with E-state index >= 15 is 0 Å². The molecule has 24 heavy (non-hydrogen) atoms. The molecule has 1 aliphatic carbocycles. The van der Waals surface area contributed by atoms with Gasteiger partial charge < -0.3 is 4.98 Å². The molecule has 4 rings (SSSR count). The number of halogens is 1. The lowest BCUT2D eigenvalue weighted by Crippen LogP contribution is -1.94. The largest absolute Gasteiger partial charge is 0.361 e. The van der Waals surface area contributed by atoms with E-state index < -0.39 is 0 Å². The van der Waals surface area contributed by atoms with Crippen molar-refractivity contribution in [1.82, 2.24) is 4.98 Å². The Labute approximate surface area is 150 Å². The van der Waals surface area contributed by atoms with E-state index in [0.717, 1.165) is 10.9 Å². The van der Waals surface area contributed by atoms with Gasteiger partial charge in [0, 0.05) is 21.6 Å². The first-order valence-corrected chi connectivity index (χ1v) is 8.90. The minimum Gasteiger partial charge on any atom is -0.361 e. The van der Waals surface area contributed by atoms with Crippen LogP contribution in [0.15, 0.2) is 76.4 Å². The Hall–Kier alpha value is -2.32. The normalized spacial score (nSPS) is 19.6. The highest BCUT2D eigenvalue weighted by Gasteiger charge is 2.10. The average molecular weight is 376 g/mol. The van der Waals surface area contributed by atoms with Gasteiger partial charge in [0.1, 0.15) is 0 Å². The van der Waals surface area contributed by atoms with Crippen LogP contribution in [0.2, 0.25) is 0 Å². The average Bonchev–Trinajstić information content (AvgIpc) is 2.96.